The van der Waals surface area contributed by atoms with Crippen molar-refractivity contribution in [3.8, 4) is 0 Å². The third-order valence-corrected chi connectivity index (χ3v) is 5.49. The fourth-order valence-electron chi connectivity index (χ4n) is 4.02. The number of piperidine rings is 1. The summed E-state index contributed by atoms with van der Waals surface area (Å²) in [4.78, 5) is 2.39. The zero-order valence-corrected chi connectivity index (χ0v) is 13.5. The largest absolute Gasteiger partial charge is 0.389 e. The number of nitrogens with one attached hydrogen (secondary N) is 1. The van der Waals surface area contributed by atoms with Crippen molar-refractivity contribution < 1.29 is 5.11 Å². The Morgan fingerprint density at radius 1 is 1.38 bits per heavy atom. The lowest BCUT2D eigenvalue weighted by molar-refractivity contribution is -0.0612. The van der Waals surface area contributed by atoms with Gasteiger partial charge in [0.25, 0.3) is 0 Å². The maximum Gasteiger partial charge on any atom is 0.0709 e. The second-order valence-corrected chi connectivity index (χ2v) is 6.93. The quantitative estimate of drug-likeness (QED) is 0.900. The van der Waals surface area contributed by atoms with Gasteiger partial charge in [-0.1, -0.05) is 36.6 Å². The van der Waals surface area contributed by atoms with Crippen LogP contribution in [0.5, 0.6) is 0 Å². The molecule has 1 saturated carbocycles. The predicted molar refractivity (Wildman–Crippen MR) is 88.0 cm³/mol. The molecule has 3 nitrogen and oxygen atoms in total. The van der Waals surface area contributed by atoms with Crippen LogP contribution in [0.1, 0.15) is 37.7 Å². The van der Waals surface area contributed by atoms with E-state index in [4.69, 9.17) is 11.6 Å². The molecule has 0 aromatic heterocycles. The number of rotatable bonds is 3. The third-order valence-electron chi connectivity index (χ3n) is 5.18. The smallest absolute Gasteiger partial charge is 0.0709 e. The van der Waals surface area contributed by atoms with Crippen molar-refractivity contribution in [3.05, 3.63) is 28.8 Å². The summed E-state index contributed by atoms with van der Waals surface area (Å²) in [6.45, 7) is 2.64. The molecule has 2 N–H and O–H groups in total. The third kappa shape index (κ3) is 2.92. The number of hydrogen-bond acceptors (Lipinski definition) is 3. The van der Waals surface area contributed by atoms with Crippen LogP contribution < -0.4 is 10.2 Å². The summed E-state index contributed by atoms with van der Waals surface area (Å²) in [7, 11) is 1.96. The molecule has 0 spiro atoms. The van der Waals surface area contributed by atoms with E-state index in [0.717, 1.165) is 49.6 Å². The first-order chi connectivity index (χ1) is 10.1. The average Bonchev–Trinajstić information content (AvgIpc) is 2.47. The first-order valence-electron chi connectivity index (χ1n) is 8.03. The summed E-state index contributed by atoms with van der Waals surface area (Å²) < 4.78 is 0. The molecule has 1 aliphatic heterocycles. The molecular weight excluding hydrogens is 284 g/mol. The topological polar surface area (TPSA) is 35.5 Å². The van der Waals surface area contributed by atoms with Gasteiger partial charge in [0.1, 0.15) is 0 Å². The molecule has 2 atom stereocenters. The summed E-state index contributed by atoms with van der Waals surface area (Å²) in [6.07, 6.45) is 5.38. The molecule has 1 aromatic rings. The Morgan fingerprint density at radius 2 is 2.24 bits per heavy atom. The molecule has 0 bridgehead atoms. The van der Waals surface area contributed by atoms with Crippen molar-refractivity contribution in [3.63, 3.8) is 0 Å². The highest BCUT2D eigenvalue weighted by Gasteiger charge is 2.43. The van der Waals surface area contributed by atoms with E-state index < -0.39 is 5.60 Å². The summed E-state index contributed by atoms with van der Waals surface area (Å²) in [5.74, 6) is 0.388. The maximum atomic E-state index is 10.8. The molecular formula is C17H25ClN2O. The summed E-state index contributed by atoms with van der Waals surface area (Å²) in [6, 6.07) is 6.12. The van der Waals surface area contributed by atoms with Crippen molar-refractivity contribution in [1.29, 1.82) is 0 Å². The number of aliphatic hydroxyl groups is 1. The summed E-state index contributed by atoms with van der Waals surface area (Å²) >= 11 is 6.48. The van der Waals surface area contributed by atoms with Gasteiger partial charge in [-0.25, -0.2) is 0 Å². The van der Waals surface area contributed by atoms with E-state index in [2.05, 4.69) is 16.3 Å². The molecule has 1 aliphatic carbocycles. The van der Waals surface area contributed by atoms with Crippen molar-refractivity contribution in [2.75, 3.05) is 25.0 Å². The predicted octanol–water partition coefficient (Wildman–Crippen LogP) is 3.19. The standard InChI is InChI=1S/C17H25ClN2O/c1-19-11-13-5-4-7-15(18)16(13)20-10-9-17(21)8-3-2-6-14(17)12-20/h4-5,7,14,19,21H,2-3,6,8-12H2,1H3. The Labute approximate surface area is 132 Å². The van der Waals surface area contributed by atoms with Gasteiger partial charge in [-0.15, -0.1) is 0 Å². The van der Waals surface area contributed by atoms with E-state index >= 15 is 0 Å². The van der Waals surface area contributed by atoms with Crippen LogP contribution in [0, 0.1) is 5.92 Å². The van der Waals surface area contributed by atoms with E-state index in [1.807, 2.05) is 19.2 Å². The first kappa shape index (κ1) is 15.1. The molecule has 2 unspecified atom stereocenters. The van der Waals surface area contributed by atoms with Gasteiger partial charge < -0.3 is 15.3 Å². The Morgan fingerprint density at radius 3 is 3.05 bits per heavy atom. The van der Waals surface area contributed by atoms with Crippen LogP contribution in [0.15, 0.2) is 18.2 Å². The van der Waals surface area contributed by atoms with Crippen molar-refractivity contribution >= 4 is 17.3 Å². The molecule has 3 rings (SSSR count). The van der Waals surface area contributed by atoms with Gasteiger partial charge >= 0.3 is 0 Å². The molecule has 0 amide bonds. The summed E-state index contributed by atoms with van der Waals surface area (Å²) in [5.41, 5.74) is 1.96. The van der Waals surface area contributed by atoms with E-state index in [1.54, 1.807) is 0 Å². The zero-order valence-electron chi connectivity index (χ0n) is 12.7. The fourth-order valence-corrected chi connectivity index (χ4v) is 4.33. The Kier molecular flexibility index (Phi) is 4.43. The molecule has 116 valence electrons. The average molecular weight is 309 g/mol. The van der Waals surface area contributed by atoms with Crippen molar-refractivity contribution in [2.24, 2.45) is 5.92 Å². The number of hydrogen-bond donors (Lipinski definition) is 2. The van der Waals surface area contributed by atoms with Gasteiger partial charge in [0, 0.05) is 25.6 Å². The number of para-hydroxylation sites is 1. The molecule has 2 fully saturated rings. The minimum absolute atomic E-state index is 0.388. The Balaban J connectivity index is 1.85. The number of halogens is 1. The molecule has 2 aliphatic rings. The first-order valence-corrected chi connectivity index (χ1v) is 8.41. The molecule has 4 heteroatoms. The van der Waals surface area contributed by atoms with Gasteiger partial charge in [-0.3, -0.25) is 0 Å². The number of benzene rings is 1. The lowest BCUT2D eigenvalue weighted by Crippen LogP contribution is -2.53. The zero-order chi connectivity index (χ0) is 14.9. The lowest BCUT2D eigenvalue weighted by atomic mass is 9.71. The Hall–Kier alpha value is -0.770. The lowest BCUT2D eigenvalue weighted by Gasteiger charge is -2.48. The molecule has 21 heavy (non-hydrogen) atoms. The van der Waals surface area contributed by atoms with E-state index in [-0.39, 0.29) is 0 Å². The minimum Gasteiger partial charge on any atom is -0.389 e. The van der Waals surface area contributed by atoms with E-state index in [9.17, 15) is 5.11 Å². The van der Waals surface area contributed by atoms with Gasteiger partial charge in [-0.2, -0.15) is 0 Å². The van der Waals surface area contributed by atoms with Gasteiger partial charge in [0.2, 0.25) is 0 Å². The number of nitrogens with zero attached hydrogens (tertiary/aromatic N) is 1. The Bertz CT molecular complexity index is 508. The maximum absolute atomic E-state index is 10.8. The van der Waals surface area contributed by atoms with Gasteiger partial charge in [0.15, 0.2) is 0 Å². The highest BCUT2D eigenvalue weighted by atomic mass is 35.5. The number of fused-ring (bicyclic) bond motifs is 1. The highest BCUT2D eigenvalue weighted by molar-refractivity contribution is 6.33. The SMILES string of the molecule is CNCc1cccc(Cl)c1N1CCC2(O)CCCCC2C1. The van der Waals surface area contributed by atoms with E-state index in [1.165, 1.54) is 18.4 Å². The van der Waals surface area contributed by atoms with Crippen LogP contribution in [0.25, 0.3) is 0 Å². The molecule has 1 aromatic carbocycles. The molecule has 1 heterocycles. The van der Waals surface area contributed by atoms with Gasteiger partial charge in [-0.05, 0) is 37.9 Å². The second kappa shape index (κ2) is 6.15. The second-order valence-electron chi connectivity index (χ2n) is 6.52. The van der Waals surface area contributed by atoms with Crippen LogP contribution in [0.3, 0.4) is 0 Å². The van der Waals surface area contributed by atoms with Crippen LogP contribution >= 0.6 is 11.6 Å². The van der Waals surface area contributed by atoms with Crippen LogP contribution in [-0.4, -0.2) is 30.8 Å². The summed E-state index contributed by atoms with van der Waals surface area (Å²) in [5, 5.41) is 14.9. The van der Waals surface area contributed by atoms with Crippen LogP contribution in [0.4, 0.5) is 5.69 Å². The fraction of sp³-hybridized carbons (Fsp3) is 0.647. The van der Waals surface area contributed by atoms with Crippen molar-refractivity contribution in [2.45, 2.75) is 44.2 Å². The normalized spacial score (nSPS) is 29.3. The molecule has 0 radical (unpaired) electrons. The van der Waals surface area contributed by atoms with Crippen LogP contribution in [0.2, 0.25) is 5.02 Å². The highest BCUT2D eigenvalue weighted by Crippen LogP contribution is 2.42. The molecule has 1 saturated heterocycles. The number of anilines is 1. The minimum atomic E-state index is -0.431. The van der Waals surface area contributed by atoms with Gasteiger partial charge in [0.05, 0.1) is 16.3 Å². The van der Waals surface area contributed by atoms with Crippen LogP contribution in [-0.2, 0) is 6.54 Å². The van der Waals surface area contributed by atoms with Crippen molar-refractivity contribution in [1.82, 2.24) is 5.32 Å². The van der Waals surface area contributed by atoms with E-state index in [0.29, 0.717) is 5.92 Å². The monoisotopic (exact) mass is 308 g/mol.